The molecule has 0 saturated carbocycles. The van der Waals surface area contributed by atoms with Crippen LogP contribution >= 0.6 is 0 Å². The van der Waals surface area contributed by atoms with Gasteiger partial charge in [-0.05, 0) is 23.6 Å². The first-order chi connectivity index (χ1) is 12.4. The van der Waals surface area contributed by atoms with E-state index >= 15 is 0 Å². The van der Waals surface area contributed by atoms with Gasteiger partial charge in [-0.25, -0.2) is 9.97 Å². The maximum atomic E-state index is 5.96. The maximum absolute atomic E-state index is 5.96. The zero-order valence-electron chi connectivity index (χ0n) is 13.7. The molecule has 1 aliphatic rings. The molecule has 3 aromatic heterocycles. The fourth-order valence-electron chi connectivity index (χ4n) is 3.75. The molecule has 4 aromatic rings. The highest BCUT2D eigenvalue weighted by Crippen LogP contribution is 2.38. The Morgan fingerprint density at radius 2 is 2.20 bits per heavy atom. The third kappa shape index (κ3) is 2.39. The summed E-state index contributed by atoms with van der Waals surface area (Å²) < 4.78 is 8.02. The normalized spacial score (nSPS) is 14.4. The number of H-pyrrole nitrogens is 1. The van der Waals surface area contributed by atoms with Gasteiger partial charge in [-0.1, -0.05) is 24.3 Å². The summed E-state index contributed by atoms with van der Waals surface area (Å²) in [6.45, 7) is 0.762. The Bertz CT molecular complexity index is 1020. The predicted octanol–water partition coefficient (Wildman–Crippen LogP) is 3.37. The maximum Gasteiger partial charge on any atom is 0.139 e. The fraction of sp³-hybridized carbons (Fsp3) is 0.200. The van der Waals surface area contributed by atoms with E-state index in [2.05, 4.69) is 49.7 Å². The number of benzene rings is 1. The molecule has 1 N–H and O–H groups in total. The monoisotopic (exact) mass is 330 g/mol. The van der Waals surface area contributed by atoms with Crippen LogP contribution in [0.1, 0.15) is 28.3 Å². The first kappa shape index (κ1) is 14.3. The number of pyridine rings is 1. The van der Waals surface area contributed by atoms with E-state index in [0.29, 0.717) is 0 Å². The van der Waals surface area contributed by atoms with Gasteiger partial charge in [0.05, 0.1) is 12.9 Å². The summed E-state index contributed by atoms with van der Waals surface area (Å²) in [6, 6.07) is 10.7. The Balaban J connectivity index is 1.63. The molecule has 4 heterocycles. The highest BCUT2D eigenvalue weighted by molar-refractivity contribution is 5.52. The number of nitrogens with one attached hydrogen (secondary N) is 1. The van der Waals surface area contributed by atoms with Gasteiger partial charge in [0.25, 0.3) is 0 Å². The lowest BCUT2D eigenvalue weighted by atomic mass is 9.88. The number of hydrogen-bond acceptors (Lipinski definition) is 3. The first-order valence-corrected chi connectivity index (χ1v) is 8.53. The van der Waals surface area contributed by atoms with Crippen LogP contribution in [-0.2, 0) is 12.8 Å². The summed E-state index contributed by atoms with van der Waals surface area (Å²) in [6.07, 6.45) is 11.3. The molecule has 5 heteroatoms. The van der Waals surface area contributed by atoms with E-state index in [4.69, 9.17) is 4.74 Å². The molecule has 124 valence electrons. The summed E-state index contributed by atoms with van der Waals surface area (Å²) in [5.41, 5.74) is 5.81. The molecule has 1 unspecified atom stereocenters. The Morgan fingerprint density at radius 3 is 3.12 bits per heavy atom. The summed E-state index contributed by atoms with van der Waals surface area (Å²) >= 11 is 0. The number of ether oxygens (including phenoxy) is 1. The standard InChI is InChI=1S/C20H18N4O/c1-3-14-6-10-25-19(14)16(5-1)17(18-12-21-13-23-18)11-15-4-2-8-24-9-7-22-20(15)24/h1-5,7-9,12-13,17H,6,10-11H2,(H,21,23). The Labute approximate surface area is 145 Å². The fourth-order valence-corrected chi connectivity index (χ4v) is 3.75. The largest absolute Gasteiger partial charge is 0.493 e. The Morgan fingerprint density at radius 1 is 1.20 bits per heavy atom. The van der Waals surface area contributed by atoms with Gasteiger partial charge < -0.3 is 14.1 Å². The van der Waals surface area contributed by atoms with Crippen molar-refractivity contribution in [2.24, 2.45) is 0 Å². The van der Waals surface area contributed by atoms with E-state index in [1.54, 1.807) is 6.33 Å². The SMILES string of the molecule is c1cc2c(c(C(Cc3cccn4ccnc34)c3cnc[nH]3)c1)OCC2. The smallest absolute Gasteiger partial charge is 0.139 e. The highest BCUT2D eigenvalue weighted by atomic mass is 16.5. The summed E-state index contributed by atoms with van der Waals surface area (Å²) in [5, 5.41) is 0. The zero-order chi connectivity index (χ0) is 16.6. The average Bonchev–Trinajstić information content (AvgIpc) is 3.40. The van der Waals surface area contributed by atoms with Crippen LogP contribution < -0.4 is 4.74 Å². The molecular formula is C20H18N4O. The van der Waals surface area contributed by atoms with Gasteiger partial charge in [-0.2, -0.15) is 0 Å². The van der Waals surface area contributed by atoms with E-state index in [1.807, 2.05) is 24.8 Å². The van der Waals surface area contributed by atoms with Gasteiger partial charge in [0.1, 0.15) is 11.4 Å². The van der Waals surface area contributed by atoms with Crippen molar-refractivity contribution in [1.82, 2.24) is 19.4 Å². The highest BCUT2D eigenvalue weighted by Gasteiger charge is 2.25. The van der Waals surface area contributed by atoms with Crippen LogP contribution in [-0.4, -0.2) is 26.0 Å². The van der Waals surface area contributed by atoms with Crippen molar-refractivity contribution in [2.45, 2.75) is 18.8 Å². The summed E-state index contributed by atoms with van der Waals surface area (Å²) in [5.74, 6) is 1.19. The number of hydrogen-bond donors (Lipinski definition) is 1. The Kier molecular flexibility index (Phi) is 3.30. The van der Waals surface area contributed by atoms with E-state index in [0.717, 1.165) is 36.5 Å². The summed E-state index contributed by atoms with van der Waals surface area (Å²) in [7, 11) is 0. The van der Waals surface area contributed by atoms with Crippen LogP contribution in [0.3, 0.4) is 0 Å². The molecule has 0 amide bonds. The van der Waals surface area contributed by atoms with Gasteiger partial charge >= 0.3 is 0 Å². The number of aromatic amines is 1. The molecule has 0 aliphatic carbocycles. The van der Waals surface area contributed by atoms with Gasteiger partial charge in [-0.3, -0.25) is 0 Å². The molecule has 0 bridgehead atoms. The topological polar surface area (TPSA) is 55.2 Å². The van der Waals surface area contributed by atoms with Gasteiger partial charge in [0.2, 0.25) is 0 Å². The first-order valence-electron chi connectivity index (χ1n) is 8.53. The second kappa shape index (κ2) is 5.77. The molecule has 0 saturated heterocycles. The van der Waals surface area contributed by atoms with Crippen molar-refractivity contribution in [2.75, 3.05) is 6.61 Å². The minimum Gasteiger partial charge on any atom is -0.493 e. The van der Waals surface area contributed by atoms with Crippen molar-refractivity contribution in [1.29, 1.82) is 0 Å². The summed E-state index contributed by atoms with van der Waals surface area (Å²) in [4.78, 5) is 12.1. The molecule has 1 aliphatic heterocycles. The molecule has 5 rings (SSSR count). The molecule has 0 radical (unpaired) electrons. The van der Waals surface area contributed by atoms with Crippen molar-refractivity contribution in [3.05, 3.63) is 83.8 Å². The lowest BCUT2D eigenvalue weighted by molar-refractivity contribution is 0.352. The average molecular weight is 330 g/mol. The Hall–Kier alpha value is -3.08. The molecule has 0 fully saturated rings. The van der Waals surface area contributed by atoms with Crippen molar-refractivity contribution < 1.29 is 4.74 Å². The lowest BCUT2D eigenvalue weighted by Crippen LogP contribution is -2.08. The number of para-hydroxylation sites is 1. The number of fused-ring (bicyclic) bond motifs is 2. The zero-order valence-corrected chi connectivity index (χ0v) is 13.7. The van der Waals surface area contributed by atoms with Crippen LogP contribution in [0, 0.1) is 0 Å². The quantitative estimate of drug-likeness (QED) is 0.624. The molecule has 25 heavy (non-hydrogen) atoms. The van der Waals surface area contributed by atoms with Gasteiger partial charge in [0.15, 0.2) is 0 Å². The third-order valence-electron chi connectivity index (χ3n) is 4.94. The second-order valence-electron chi connectivity index (χ2n) is 6.39. The van der Waals surface area contributed by atoms with Crippen LogP contribution in [0.4, 0.5) is 0 Å². The van der Waals surface area contributed by atoms with E-state index < -0.39 is 0 Å². The lowest BCUT2D eigenvalue weighted by Gasteiger charge is -2.19. The minimum absolute atomic E-state index is 0.151. The number of aromatic nitrogens is 4. The number of rotatable bonds is 4. The van der Waals surface area contributed by atoms with Crippen molar-refractivity contribution >= 4 is 5.65 Å². The molecular weight excluding hydrogens is 312 g/mol. The molecule has 1 atom stereocenters. The van der Waals surface area contributed by atoms with Gasteiger partial charge in [0, 0.05) is 48.4 Å². The molecule has 0 spiro atoms. The molecule has 5 nitrogen and oxygen atoms in total. The van der Waals surface area contributed by atoms with E-state index in [1.165, 1.54) is 16.7 Å². The van der Waals surface area contributed by atoms with Crippen LogP contribution in [0.2, 0.25) is 0 Å². The van der Waals surface area contributed by atoms with Crippen LogP contribution in [0.5, 0.6) is 5.75 Å². The van der Waals surface area contributed by atoms with Crippen molar-refractivity contribution in [3.8, 4) is 5.75 Å². The van der Waals surface area contributed by atoms with Crippen LogP contribution in [0.25, 0.3) is 5.65 Å². The second-order valence-corrected chi connectivity index (χ2v) is 6.39. The van der Waals surface area contributed by atoms with E-state index in [9.17, 15) is 0 Å². The van der Waals surface area contributed by atoms with Crippen LogP contribution in [0.15, 0.2) is 61.4 Å². The number of imidazole rings is 2. The predicted molar refractivity (Wildman–Crippen MR) is 95.0 cm³/mol. The minimum atomic E-state index is 0.151. The third-order valence-corrected chi connectivity index (χ3v) is 4.94. The number of nitrogens with zero attached hydrogens (tertiary/aromatic N) is 3. The molecule has 1 aromatic carbocycles. The van der Waals surface area contributed by atoms with Crippen molar-refractivity contribution in [3.63, 3.8) is 0 Å². The van der Waals surface area contributed by atoms with E-state index in [-0.39, 0.29) is 5.92 Å². The van der Waals surface area contributed by atoms with Gasteiger partial charge in [-0.15, -0.1) is 0 Å².